The summed E-state index contributed by atoms with van der Waals surface area (Å²) in [6.45, 7) is 5.70. The Morgan fingerprint density at radius 2 is 2.12 bits per heavy atom. The average Bonchev–Trinajstić information content (AvgIpc) is 3.13. The fraction of sp³-hybridized carbons (Fsp3) is 0.588. The van der Waals surface area contributed by atoms with Gasteiger partial charge in [0, 0.05) is 58.0 Å². The van der Waals surface area contributed by atoms with Gasteiger partial charge in [0.15, 0.2) is 0 Å². The lowest BCUT2D eigenvalue weighted by Crippen LogP contribution is -2.48. The predicted molar refractivity (Wildman–Crippen MR) is 95.0 cm³/mol. The topological polar surface area (TPSA) is 88.0 Å². The van der Waals surface area contributed by atoms with Crippen LogP contribution in [0, 0.1) is 10.1 Å². The number of anilines is 2. The minimum Gasteiger partial charge on any atom is -0.377 e. The Bertz CT molecular complexity index is 638. The molecule has 2 heterocycles. The molecular formula is C17H24N4O4. The first kappa shape index (κ1) is 17.5. The fourth-order valence-electron chi connectivity index (χ4n) is 3.33. The number of ether oxygens (including phenoxy) is 1. The third-order valence-corrected chi connectivity index (χ3v) is 4.81. The second-order valence-electron chi connectivity index (χ2n) is 6.47. The van der Waals surface area contributed by atoms with E-state index in [4.69, 9.17) is 4.74 Å². The van der Waals surface area contributed by atoms with Crippen LogP contribution in [0.4, 0.5) is 17.1 Å². The van der Waals surface area contributed by atoms with Crippen molar-refractivity contribution in [3.05, 3.63) is 28.3 Å². The Morgan fingerprint density at radius 3 is 2.72 bits per heavy atom. The maximum atomic E-state index is 11.4. The summed E-state index contributed by atoms with van der Waals surface area (Å²) in [7, 11) is 0. The van der Waals surface area contributed by atoms with E-state index in [1.165, 1.54) is 0 Å². The van der Waals surface area contributed by atoms with Gasteiger partial charge in [-0.25, -0.2) is 0 Å². The van der Waals surface area contributed by atoms with Crippen LogP contribution in [-0.2, 0) is 9.53 Å². The lowest BCUT2D eigenvalue weighted by Gasteiger charge is -2.35. The predicted octanol–water partition coefficient (Wildman–Crippen LogP) is 1.85. The molecule has 0 spiro atoms. The summed E-state index contributed by atoms with van der Waals surface area (Å²) in [5.41, 5.74) is 1.53. The van der Waals surface area contributed by atoms with Crippen LogP contribution < -0.4 is 10.2 Å². The molecule has 25 heavy (non-hydrogen) atoms. The molecule has 8 heteroatoms. The van der Waals surface area contributed by atoms with Crippen LogP contribution in [0.15, 0.2) is 18.2 Å². The van der Waals surface area contributed by atoms with E-state index in [0.29, 0.717) is 25.3 Å². The SMILES string of the molecule is CC(=O)N1CCN(c2ccc([N+](=O)[O-])c(NC[C@H]3CCCO3)c2)CC1. The lowest BCUT2D eigenvalue weighted by atomic mass is 10.2. The second-order valence-corrected chi connectivity index (χ2v) is 6.47. The zero-order valence-corrected chi connectivity index (χ0v) is 14.4. The second kappa shape index (κ2) is 7.69. The monoisotopic (exact) mass is 348 g/mol. The molecule has 0 bridgehead atoms. The number of amides is 1. The molecule has 8 nitrogen and oxygen atoms in total. The van der Waals surface area contributed by atoms with E-state index in [1.807, 2.05) is 11.0 Å². The summed E-state index contributed by atoms with van der Waals surface area (Å²) >= 11 is 0. The van der Waals surface area contributed by atoms with Gasteiger partial charge < -0.3 is 19.9 Å². The van der Waals surface area contributed by atoms with E-state index in [1.54, 1.807) is 19.1 Å². The maximum Gasteiger partial charge on any atom is 0.292 e. The number of carbonyl (C=O) groups excluding carboxylic acids is 1. The highest BCUT2D eigenvalue weighted by Gasteiger charge is 2.22. The van der Waals surface area contributed by atoms with E-state index < -0.39 is 0 Å². The van der Waals surface area contributed by atoms with Gasteiger partial charge in [-0.3, -0.25) is 14.9 Å². The number of carbonyl (C=O) groups is 1. The Kier molecular flexibility index (Phi) is 5.37. The minimum absolute atomic E-state index is 0.0733. The Morgan fingerprint density at radius 1 is 1.36 bits per heavy atom. The van der Waals surface area contributed by atoms with Crippen LogP contribution in [0.5, 0.6) is 0 Å². The summed E-state index contributed by atoms with van der Waals surface area (Å²) in [6, 6.07) is 5.15. The zero-order valence-electron chi connectivity index (χ0n) is 14.4. The highest BCUT2D eigenvalue weighted by molar-refractivity contribution is 5.74. The van der Waals surface area contributed by atoms with Gasteiger partial charge >= 0.3 is 0 Å². The molecule has 0 saturated carbocycles. The number of hydrogen-bond donors (Lipinski definition) is 1. The van der Waals surface area contributed by atoms with Crippen molar-refractivity contribution in [3.63, 3.8) is 0 Å². The number of nitrogens with one attached hydrogen (secondary N) is 1. The van der Waals surface area contributed by atoms with Crippen LogP contribution in [-0.4, -0.2) is 61.2 Å². The molecule has 2 aliphatic rings. The molecule has 2 fully saturated rings. The summed E-state index contributed by atoms with van der Waals surface area (Å²) in [5.74, 6) is 0.0854. The van der Waals surface area contributed by atoms with Gasteiger partial charge in [0.25, 0.3) is 5.69 Å². The summed E-state index contributed by atoms with van der Waals surface area (Å²) in [6.07, 6.45) is 2.13. The molecule has 0 radical (unpaired) electrons. The van der Waals surface area contributed by atoms with Crippen molar-refractivity contribution in [2.75, 3.05) is 49.5 Å². The molecule has 136 valence electrons. The zero-order chi connectivity index (χ0) is 17.8. The standard InChI is InChI=1S/C17H24N4O4/c1-13(22)19-6-8-20(9-7-19)14-4-5-17(21(23)24)16(11-14)18-12-15-3-2-10-25-15/h4-5,11,15,18H,2-3,6-10,12H2,1H3/t15-/m1/s1. The number of benzene rings is 1. The molecule has 1 N–H and O–H groups in total. The molecule has 2 saturated heterocycles. The molecule has 3 rings (SSSR count). The molecule has 1 atom stereocenters. The van der Waals surface area contributed by atoms with E-state index in [9.17, 15) is 14.9 Å². The fourth-order valence-corrected chi connectivity index (χ4v) is 3.33. The number of nitrogens with zero attached hydrogens (tertiary/aromatic N) is 3. The number of nitro groups is 1. The largest absolute Gasteiger partial charge is 0.377 e. The van der Waals surface area contributed by atoms with Crippen LogP contribution >= 0.6 is 0 Å². The van der Waals surface area contributed by atoms with Crippen LogP contribution in [0.3, 0.4) is 0 Å². The Labute approximate surface area is 146 Å². The molecular weight excluding hydrogens is 324 g/mol. The minimum atomic E-state index is -0.366. The van der Waals surface area contributed by atoms with Crippen molar-refractivity contribution < 1.29 is 14.5 Å². The highest BCUT2D eigenvalue weighted by atomic mass is 16.6. The van der Waals surface area contributed by atoms with E-state index >= 15 is 0 Å². The van der Waals surface area contributed by atoms with E-state index in [0.717, 1.165) is 38.2 Å². The maximum absolute atomic E-state index is 11.4. The third-order valence-electron chi connectivity index (χ3n) is 4.81. The number of nitro benzene ring substituents is 1. The molecule has 0 aromatic heterocycles. The van der Waals surface area contributed by atoms with Gasteiger partial charge in [0.2, 0.25) is 5.91 Å². The summed E-state index contributed by atoms with van der Waals surface area (Å²) in [5, 5.41) is 14.5. The van der Waals surface area contributed by atoms with Gasteiger partial charge in [-0.2, -0.15) is 0 Å². The van der Waals surface area contributed by atoms with Crippen LogP contribution in [0.1, 0.15) is 19.8 Å². The molecule has 1 aromatic rings. The van der Waals surface area contributed by atoms with Crippen LogP contribution in [0.25, 0.3) is 0 Å². The molecule has 0 unspecified atom stereocenters. The third kappa shape index (κ3) is 4.19. The normalized spacial score (nSPS) is 20.6. The van der Waals surface area contributed by atoms with Crippen molar-refractivity contribution in [2.45, 2.75) is 25.9 Å². The first-order chi connectivity index (χ1) is 12.0. The Balaban J connectivity index is 1.71. The Hall–Kier alpha value is -2.35. The molecule has 0 aliphatic carbocycles. The van der Waals surface area contributed by atoms with Crippen molar-refractivity contribution in [3.8, 4) is 0 Å². The highest BCUT2D eigenvalue weighted by Crippen LogP contribution is 2.30. The van der Waals surface area contributed by atoms with E-state index in [2.05, 4.69) is 10.2 Å². The smallest absolute Gasteiger partial charge is 0.292 e. The summed E-state index contributed by atoms with van der Waals surface area (Å²) < 4.78 is 5.58. The quantitative estimate of drug-likeness (QED) is 0.645. The lowest BCUT2D eigenvalue weighted by molar-refractivity contribution is -0.383. The summed E-state index contributed by atoms with van der Waals surface area (Å²) in [4.78, 5) is 26.3. The first-order valence-electron chi connectivity index (χ1n) is 8.69. The molecule has 2 aliphatic heterocycles. The van der Waals surface area contributed by atoms with Gasteiger partial charge in [0.1, 0.15) is 5.69 Å². The number of piperazine rings is 1. The van der Waals surface area contributed by atoms with Gasteiger partial charge in [-0.05, 0) is 25.0 Å². The first-order valence-corrected chi connectivity index (χ1v) is 8.69. The van der Waals surface area contributed by atoms with Crippen molar-refractivity contribution in [1.82, 2.24) is 4.90 Å². The average molecular weight is 348 g/mol. The van der Waals surface area contributed by atoms with Gasteiger partial charge in [-0.15, -0.1) is 0 Å². The van der Waals surface area contributed by atoms with Crippen LogP contribution in [0.2, 0.25) is 0 Å². The number of hydrogen-bond acceptors (Lipinski definition) is 6. The van der Waals surface area contributed by atoms with Gasteiger partial charge in [-0.1, -0.05) is 0 Å². The van der Waals surface area contributed by atoms with E-state index in [-0.39, 0.29) is 22.6 Å². The molecule has 1 amide bonds. The number of rotatable bonds is 5. The van der Waals surface area contributed by atoms with Crippen molar-refractivity contribution >= 4 is 23.0 Å². The van der Waals surface area contributed by atoms with Gasteiger partial charge in [0.05, 0.1) is 11.0 Å². The van der Waals surface area contributed by atoms with Crippen molar-refractivity contribution in [1.29, 1.82) is 0 Å². The molecule has 1 aromatic carbocycles. The van der Waals surface area contributed by atoms with Crippen molar-refractivity contribution in [2.24, 2.45) is 0 Å².